The molecule has 0 radical (unpaired) electrons. The third-order valence-corrected chi connectivity index (χ3v) is 7.50. The van der Waals surface area contributed by atoms with Gasteiger partial charge in [-0.15, -0.1) is 0 Å². The number of amides is 2. The fourth-order valence-corrected chi connectivity index (χ4v) is 5.48. The summed E-state index contributed by atoms with van der Waals surface area (Å²) in [4.78, 5) is 27.9. The minimum absolute atomic E-state index is 0.0302. The molecule has 29 heavy (non-hydrogen) atoms. The Morgan fingerprint density at radius 3 is 2.55 bits per heavy atom. The average Bonchev–Trinajstić information content (AvgIpc) is 2.98. The van der Waals surface area contributed by atoms with Crippen LogP contribution in [-0.2, 0) is 19.4 Å². The molecule has 1 aliphatic heterocycles. The van der Waals surface area contributed by atoms with Gasteiger partial charge in [-0.1, -0.05) is 19.1 Å². The van der Waals surface area contributed by atoms with E-state index in [1.807, 2.05) is 45.9 Å². The van der Waals surface area contributed by atoms with E-state index in [1.165, 1.54) is 0 Å². The summed E-state index contributed by atoms with van der Waals surface area (Å²) in [5, 5.41) is 2.92. The van der Waals surface area contributed by atoms with Gasteiger partial charge in [-0.3, -0.25) is 9.59 Å². The molecular weight excluding hydrogens is 390 g/mol. The first-order chi connectivity index (χ1) is 13.5. The first-order valence-corrected chi connectivity index (χ1v) is 12.0. The lowest BCUT2D eigenvalue weighted by atomic mass is 10.1. The Hall–Kier alpha value is -1.93. The predicted octanol–water partition coefficient (Wildman–Crippen LogP) is 0.571. The number of aryl methyl sites for hydroxylation is 1. The number of hydrogen-bond acceptors (Lipinski definition) is 4. The number of anilines is 1. The van der Waals surface area contributed by atoms with Gasteiger partial charge >= 0.3 is 0 Å². The highest BCUT2D eigenvalue weighted by Gasteiger charge is 2.37. The minimum Gasteiger partial charge on any atom is -0.331 e. The maximum Gasteiger partial charge on any atom is 0.279 e. The third-order valence-electron chi connectivity index (χ3n) is 5.75. The number of nitrogens with one attached hydrogen (secondary N) is 2. The Balaban J connectivity index is 1.98. The van der Waals surface area contributed by atoms with Gasteiger partial charge in [0.15, 0.2) is 22.9 Å². The van der Waals surface area contributed by atoms with Gasteiger partial charge in [-0.25, -0.2) is 8.42 Å². The molecule has 1 aromatic rings. The Morgan fingerprint density at radius 2 is 1.97 bits per heavy atom. The molecule has 2 amide bonds. The van der Waals surface area contributed by atoms with Crippen molar-refractivity contribution in [2.45, 2.75) is 52.6 Å². The number of nitrogens with zero attached hydrogens (tertiary/aromatic N) is 1. The number of carbonyl (C=O) groups is 2. The second-order valence-corrected chi connectivity index (χ2v) is 10.5. The van der Waals surface area contributed by atoms with Crippen molar-refractivity contribution >= 4 is 27.3 Å². The Bertz CT molecular complexity index is 853. The largest absolute Gasteiger partial charge is 0.331 e. The van der Waals surface area contributed by atoms with Gasteiger partial charge in [0.2, 0.25) is 0 Å². The molecule has 2 rings (SSSR count). The molecule has 7 nitrogen and oxygen atoms in total. The van der Waals surface area contributed by atoms with Crippen molar-refractivity contribution in [1.82, 2.24) is 4.90 Å². The maximum atomic E-state index is 13.0. The Kier molecular flexibility index (Phi) is 7.82. The lowest BCUT2D eigenvalue weighted by Gasteiger charge is -2.34. The van der Waals surface area contributed by atoms with E-state index in [9.17, 15) is 18.0 Å². The number of benzene rings is 1. The lowest BCUT2D eigenvalue weighted by Crippen LogP contribution is -3.11. The summed E-state index contributed by atoms with van der Waals surface area (Å²) in [6, 6.07) is 5.47. The van der Waals surface area contributed by atoms with E-state index in [0.717, 1.165) is 28.1 Å². The number of hydrogen-bond donors (Lipinski definition) is 2. The van der Waals surface area contributed by atoms with E-state index in [-0.39, 0.29) is 48.5 Å². The van der Waals surface area contributed by atoms with Gasteiger partial charge in [-0.05, 0) is 50.8 Å². The van der Waals surface area contributed by atoms with E-state index in [2.05, 4.69) is 5.32 Å². The monoisotopic (exact) mass is 424 g/mol. The van der Waals surface area contributed by atoms with Gasteiger partial charge in [0, 0.05) is 17.8 Å². The highest BCUT2D eigenvalue weighted by molar-refractivity contribution is 7.91. The van der Waals surface area contributed by atoms with Crippen LogP contribution in [0.1, 0.15) is 37.8 Å². The number of carbonyl (C=O) groups excluding carboxylic acids is 2. The second-order valence-electron chi connectivity index (χ2n) is 8.22. The molecule has 2 N–H and O–H groups in total. The average molecular weight is 425 g/mol. The summed E-state index contributed by atoms with van der Waals surface area (Å²) in [5.74, 6) is -0.0744. The van der Waals surface area contributed by atoms with Crippen molar-refractivity contribution in [3.63, 3.8) is 0 Å². The molecule has 0 spiro atoms. The van der Waals surface area contributed by atoms with Gasteiger partial charge in [0.1, 0.15) is 0 Å². The quantitative estimate of drug-likeness (QED) is 0.639. The van der Waals surface area contributed by atoms with E-state index < -0.39 is 9.84 Å². The van der Waals surface area contributed by atoms with Crippen LogP contribution in [0.3, 0.4) is 0 Å². The van der Waals surface area contributed by atoms with E-state index >= 15 is 0 Å². The summed E-state index contributed by atoms with van der Waals surface area (Å²) in [6.45, 7) is 8.21. The molecule has 8 heteroatoms. The van der Waals surface area contributed by atoms with Crippen LogP contribution in [0.15, 0.2) is 18.2 Å². The molecule has 1 aliphatic rings. The van der Waals surface area contributed by atoms with Crippen LogP contribution in [0.5, 0.6) is 0 Å². The fourth-order valence-electron chi connectivity index (χ4n) is 3.77. The molecule has 3 atom stereocenters. The predicted molar refractivity (Wildman–Crippen MR) is 115 cm³/mol. The Morgan fingerprint density at radius 1 is 1.28 bits per heavy atom. The standard InChI is InChI=1S/C21H33N3O4S/c1-6-16(3)24(18-10-11-29(27,28)14-18)21(26)13-23(5)12-20(25)22-19-9-7-8-15(2)17(19)4/h7-9,16,18H,6,10-14H2,1-5H3,(H,22,25)/p+1/t16-,18-/m1/s1. The highest BCUT2D eigenvalue weighted by atomic mass is 32.2. The number of quaternary nitrogens is 1. The zero-order chi connectivity index (χ0) is 21.8. The number of rotatable bonds is 8. The van der Waals surface area contributed by atoms with Crippen molar-refractivity contribution in [1.29, 1.82) is 0 Å². The first-order valence-electron chi connectivity index (χ1n) is 10.2. The molecular formula is C21H34N3O4S+. The van der Waals surface area contributed by atoms with Crippen LogP contribution in [0.25, 0.3) is 0 Å². The van der Waals surface area contributed by atoms with Gasteiger partial charge in [0.25, 0.3) is 11.8 Å². The molecule has 0 aliphatic carbocycles. The zero-order valence-corrected chi connectivity index (χ0v) is 18.9. The highest BCUT2D eigenvalue weighted by Crippen LogP contribution is 2.21. The summed E-state index contributed by atoms with van der Waals surface area (Å²) in [6.07, 6.45) is 1.25. The van der Waals surface area contributed by atoms with E-state index in [1.54, 1.807) is 11.9 Å². The molecule has 1 unspecified atom stereocenters. The van der Waals surface area contributed by atoms with Gasteiger partial charge < -0.3 is 15.1 Å². The first kappa shape index (κ1) is 23.3. The topological polar surface area (TPSA) is 88.0 Å². The summed E-state index contributed by atoms with van der Waals surface area (Å²) in [7, 11) is -1.26. The van der Waals surface area contributed by atoms with Crippen molar-refractivity contribution in [3.05, 3.63) is 29.3 Å². The van der Waals surface area contributed by atoms with Crippen molar-refractivity contribution in [3.8, 4) is 0 Å². The third kappa shape index (κ3) is 6.27. The van der Waals surface area contributed by atoms with Gasteiger partial charge in [-0.2, -0.15) is 0 Å². The van der Waals surface area contributed by atoms with Crippen molar-refractivity contribution in [2.75, 3.05) is 37.0 Å². The molecule has 1 fully saturated rings. The normalized spacial score (nSPS) is 20.1. The van der Waals surface area contributed by atoms with Gasteiger partial charge in [0.05, 0.1) is 18.6 Å². The molecule has 0 aromatic heterocycles. The minimum atomic E-state index is -3.07. The molecule has 0 saturated carbocycles. The van der Waals surface area contributed by atoms with Crippen LogP contribution >= 0.6 is 0 Å². The van der Waals surface area contributed by atoms with Crippen LogP contribution in [0.2, 0.25) is 0 Å². The smallest absolute Gasteiger partial charge is 0.279 e. The van der Waals surface area contributed by atoms with E-state index in [0.29, 0.717) is 6.42 Å². The molecule has 0 bridgehead atoms. The SMILES string of the molecule is CC[C@@H](C)N(C(=O)C[NH+](C)CC(=O)Nc1cccc(C)c1C)[C@@H]1CCS(=O)(=O)C1. The van der Waals surface area contributed by atoms with Crippen molar-refractivity contribution in [2.24, 2.45) is 0 Å². The van der Waals surface area contributed by atoms with E-state index in [4.69, 9.17) is 0 Å². The fraction of sp³-hybridized carbons (Fsp3) is 0.619. The molecule has 1 saturated heterocycles. The summed E-state index contributed by atoms with van der Waals surface area (Å²) < 4.78 is 23.8. The van der Waals surface area contributed by atoms with Crippen LogP contribution in [0, 0.1) is 13.8 Å². The van der Waals surface area contributed by atoms with Crippen LogP contribution in [-0.4, -0.2) is 68.9 Å². The second kappa shape index (κ2) is 9.71. The van der Waals surface area contributed by atoms with Crippen molar-refractivity contribution < 1.29 is 22.9 Å². The van der Waals surface area contributed by atoms with Crippen LogP contribution < -0.4 is 10.2 Å². The summed E-state index contributed by atoms with van der Waals surface area (Å²) in [5.41, 5.74) is 2.92. The Labute approximate surface area is 174 Å². The lowest BCUT2D eigenvalue weighted by molar-refractivity contribution is -0.862. The summed E-state index contributed by atoms with van der Waals surface area (Å²) >= 11 is 0. The molecule has 1 heterocycles. The molecule has 1 aromatic carbocycles. The maximum absolute atomic E-state index is 13.0. The zero-order valence-electron chi connectivity index (χ0n) is 18.1. The molecule has 162 valence electrons. The number of likely N-dealkylation sites (N-methyl/N-ethyl adjacent to an activating group) is 1. The van der Waals surface area contributed by atoms with Crippen LogP contribution in [0.4, 0.5) is 5.69 Å². The number of sulfone groups is 1.